The Balaban J connectivity index is 2.45. The van der Waals surface area contributed by atoms with Crippen LogP contribution in [-0.2, 0) is 0 Å². The molecule has 0 spiro atoms. The second kappa shape index (κ2) is 5.29. The maximum absolute atomic E-state index is 8.59. The number of thioether (sulfide) groups is 1. The number of hydrogen-bond donors (Lipinski definition) is 1. The Morgan fingerprint density at radius 1 is 1.59 bits per heavy atom. The Hall–Kier alpha value is -1.39. The SMILES string of the molecule is CSC(=Nc1c(Br)ccc2c1OCO2)NC#N. The zero-order valence-corrected chi connectivity index (χ0v) is 11.3. The summed E-state index contributed by atoms with van der Waals surface area (Å²) in [6.07, 6.45) is 3.67. The van der Waals surface area contributed by atoms with E-state index in [0.717, 1.165) is 4.47 Å². The number of amidine groups is 1. The summed E-state index contributed by atoms with van der Waals surface area (Å²) in [6.45, 7) is 0.189. The Morgan fingerprint density at radius 3 is 3.12 bits per heavy atom. The van der Waals surface area contributed by atoms with Crippen LogP contribution in [0.4, 0.5) is 5.69 Å². The minimum absolute atomic E-state index is 0.189. The average Bonchev–Trinajstić information content (AvgIpc) is 2.80. The van der Waals surface area contributed by atoms with Crippen molar-refractivity contribution in [2.75, 3.05) is 13.0 Å². The molecule has 0 saturated heterocycles. The number of nitrogens with zero attached hydrogens (tertiary/aromatic N) is 2. The van der Waals surface area contributed by atoms with Crippen molar-refractivity contribution in [3.05, 3.63) is 16.6 Å². The lowest BCUT2D eigenvalue weighted by molar-refractivity contribution is 0.174. The monoisotopic (exact) mass is 313 g/mol. The molecule has 88 valence electrons. The molecule has 1 aliphatic rings. The maximum Gasteiger partial charge on any atom is 0.231 e. The van der Waals surface area contributed by atoms with E-state index in [1.807, 2.05) is 24.6 Å². The summed E-state index contributed by atoms with van der Waals surface area (Å²) < 4.78 is 11.4. The number of halogens is 1. The molecular weight excluding hydrogens is 306 g/mol. The molecular formula is C10H8BrN3O2S. The van der Waals surface area contributed by atoms with Gasteiger partial charge in [0, 0.05) is 4.47 Å². The highest BCUT2D eigenvalue weighted by molar-refractivity contribution is 9.10. The first kappa shape index (κ1) is 12.1. The van der Waals surface area contributed by atoms with E-state index in [9.17, 15) is 0 Å². The quantitative estimate of drug-likeness (QED) is 0.373. The van der Waals surface area contributed by atoms with Crippen LogP contribution < -0.4 is 14.8 Å². The van der Waals surface area contributed by atoms with E-state index >= 15 is 0 Å². The van der Waals surface area contributed by atoms with E-state index in [4.69, 9.17) is 14.7 Å². The van der Waals surface area contributed by atoms with Crippen molar-refractivity contribution < 1.29 is 9.47 Å². The van der Waals surface area contributed by atoms with Gasteiger partial charge in [0.2, 0.25) is 6.79 Å². The highest BCUT2D eigenvalue weighted by Gasteiger charge is 2.20. The number of aliphatic imine (C=N–C) groups is 1. The summed E-state index contributed by atoms with van der Waals surface area (Å²) in [5.74, 6) is 1.25. The van der Waals surface area contributed by atoms with E-state index in [1.54, 1.807) is 0 Å². The van der Waals surface area contributed by atoms with E-state index in [-0.39, 0.29) is 6.79 Å². The Labute approximate surface area is 111 Å². The number of nitriles is 1. The molecule has 0 amide bonds. The van der Waals surface area contributed by atoms with Crippen LogP contribution in [0.1, 0.15) is 0 Å². The number of nitrogens with one attached hydrogen (secondary N) is 1. The third-order valence-corrected chi connectivity index (χ3v) is 3.25. The number of benzene rings is 1. The fourth-order valence-electron chi connectivity index (χ4n) is 1.31. The fraction of sp³-hybridized carbons (Fsp3) is 0.200. The zero-order chi connectivity index (χ0) is 12.3. The highest BCUT2D eigenvalue weighted by atomic mass is 79.9. The van der Waals surface area contributed by atoms with Crippen molar-refractivity contribution in [1.29, 1.82) is 5.26 Å². The maximum atomic E-state index is 8.59. The van der Waals surface area contributed by atoms with E-state index < -0.39 is 0 Å². The smallest absolute Gasteiger partial charge is 0.231 e. The first-order chi connectivity index (χ1) is 8.26. The molecule has 0 radical (unpaired) electrons. The van der Waals surface area contributed by atoms with E-state index in [1.165, 1.54) is 11.8 Å². The van der Waals surface area contributed by atoms with Crippen LogP contribution in [0.15, 0.2) is 21.6 Å². The van der Waals surface area contributed by atoms with Gasteiger partial charge in [-0.15, -0.1) is 0 Å². The summed E-state index contributed by atoms with van der Waals surface area (Å²) in [7, 11) is 0. The molecule has 1 aliphatic heterocycles. The van der Waals surface area contributed by atoms with Gasteiger partial charge in [-0.25, -0.2) is 4.99 Å². The number of ether oxygens (including phenoxy) is 2. The van der Waals surface area contributed by atoms with Crippen LogP contribution >= 0.6 is 27.7 Å². The van der Waals surface area contributed by atoms with E-state index in [0.29, 0.717) is 22.4 Å². The molecule has 1 aromatic carbocycles. The van der Waals surface area contributed by atoms with Gasteiger partial charge in [-0.05, 0) is 34.3 Å². The van der Waals surface area contributed by atoms with Crippen molar-refractivity contribution >= 4 is 38.5 Å². The van der Waals surface area contributed by atoms with Gasteiger partial charge < -0.3 is 9.47 Å². The average molecular weight is 314 g/mol. The summed E-state index contributed by atoms with van der Waals surface area (Å²) in [6, 6.07) is 3.64. The topological polar surface area (TPSA) is 66.6 Å². The normalized spacial score (nSPS) is 13.4. The summed E-state index contributed by atoms with van der Waals surface area (Å²) in [5, 5.41) is 11.6. The van der Waals surface area contributed by atoms with Crippen LogP contribution in [0.5, 0.6) is 11.5 Å². The highest BCUT2D eigenvalue weighted by Crippen LogP contribution is 2.45. The van der Waals surface area contributed by atoms with Crippen molar-refractivity contribution in [3.63, 3.8) is 0 Å². The molecule has 0 saturated carbocycles. The molecule has 0 bridgehead atoms. The number of fused-ring (bicyclic) bond motifs is 1. The molecule has 5 nitrogen and oxygen atoms in total. The zero-order valence-electron chi connectivity index (χ0n) is 8.86. The molecule has 7 heteroatoms. The summed E-state index contributed by atoms with van der Waals surface area (Å²) >= 11 is 4.74. The van der Waals surface area contributed by atoms with Gasteiger partial charge in [-0.2, -0.15) is 5.26 Å². The lowest BCUT2D eigenvalue weighted by Gasteiger charge is -2.05. The molecule has 0 atom stereocenters. The molecule has 1 N–H and O–H groups in total. The predicted molar refractivity (Wildman–Crippen MR) is 69.6 cm³/mol. The third kappa shape index (κ3) is 2.48. The van der Waals surface area contributed by atoms with Gasteiger partial charge in [0.15, 0.2) is 22.9 Å². The largest absolute Gasteiger partial charge is 0.454 e. The predicted octanol–water partition coefficient (Wildman–Crippen LogP) is 2.60. The first-order valence-corrected chi connectivity index (χ1v) is 6.64. The van der Waals surface area contributed by atoms with Crippen LogP contribution in [0.3, 0.4) is 0 Å². The molecule has 0 aliphatic carbocycles. The Bertz CT molecular complexity index is 513. The molecule has 1 heterocycles. The van der Waals surface area contributed by atoms with Crippen LogP contribution in [-0.4, -0.2) is 18.2 Å². The summed E-state index contributed by atoms with van der Waals surface area (Å²) in [5.41, 5.74) is 0.618. The number of hydrogen-bond acceptors (Lipinski definition) is 5. The first-order valence-electron chi connectivity index (χ1n) is 4.62. The molecule has 0 unspecified atom stereocenters. The van der Waals surface area contributed by atoms with Gasteiger partial charge in [-0.1, -0.05) is 11.8 Å². The van der Waals surface area contributed by atoms with Gasteiger partial charge in [0.25, 0.3) is 0 Å². The van der Waals surface area contributed by atoms with Gasteiger partial charge in [-0.3, -0.25) is 5.32 Å². The second-order valence-electron chi connectivity index (χ2n) is 2.99. The van der Waals surface area contributed by atoms with Gasteiger partial charge >= 0.3 is 0 Å². The van der Waals surface area contributed by atoms with Crippen LogP contribution in [0.25, 0.3) is 0 Å². The van der Waals surface area contributed by atoms with Crippen molar-refractivity contribution in [1.82, 2.24) is 5.32 Å². The molecule has 17 heavy (non-hydrogen) atoms. The van der Waals surface area contributed by atoms with Crippen molar-refractivity contribution in [3.8, 4) is 17.7 Å². The van der Waals surface area contributed by atoms with Crippen LogP contribution in [0, 0.1) is 11.5 Å². The van der Waals surface area contributed by atoms with Gasteiger partial charge in [0.1, 0.15) is 5.69 Å². The third-order valence-electron chi connectivity index (χ3n) is 2.03. The van der Waals surface area contributed by atoms with Gasteiger partial charge in [0.05, 0.1) is 0 Å². The van der Waals surface area contributed by atoms with Crippen molar-refractivity contribution in [2.45, 2.75) is 0 Å². The second-order valence-corrected chi connectivity index (χ2v) is 4.64. The molecule has 0 aromatic heterocycles. The van der Waals surface area contributed by atoms with Crippen molar-refractivity contribution in [2.24, 2.45) is 4.99 Å². The molecule has 1 aromatic rings. The standard InChI is InChI=1S/C10H8BrN3O2S/c1-17-10(13-4-12)14-8-6(11)2-3-7-9(8)16-5-15-7/h2-3H,5H2,1H3,(H,13,14). The van der Waals surface area contributed by atoms with E-state index in [2.05, 4.69) is 26.2 Å². The Morgan fingerprint density at radius 2 is 2.41 bits per heavy atom. The summed E-state index contributed by atoms with van der Waals surface area (Å²) in [4.78, 5) is 4.33. The minimum atomic E-state index is 0.189. The Kier molecular flexibility index (Phi) is 3.76. The fourth-order valence-corrected chi connectivity index (χ4v) is 2.04. The lowest BCUT2D eigenvalue weighted by atomic mass is 10.3. The molecule has 2 rings (SSSR count). The van der Waals surface area contributed by atoms with Crippen LogP contribution in [0.2, 0.25) is 0 Å². The number of rotatable bonds is 1. The molecule has 0 fully saturated rings. The lowest BCUT2D eigenvalue weighted by Crippen LogP contribution is -2.12. The minimum Gasteiger partial charge on any atom is -0.454 e.